The van der Waals surface area contributed by atoms with Crippen LogP contribution in [0.3, 0.4) is 0 Å². The van der Waals surface area contributed by atoms with Gasteiger partial charge in [0.2, 0.25) is 0 Å². The van der Waals surface area contributed by atoms with Crippen LogP contribution in [-0.4, -0.2) is 22.4 Å². The Morgan fingerprint density at radius 1 is 1.17 bits per heavy atom. The molecule has 0 saturated heterocycles. The predicted molar refractivity (Wildman–Crippen MR) is 51.0 cm³/mol. The Labute approximate surface area is 75.6 Å². The first-order chi connectivity index (χ1) is 5.61. The predicted octanol–water partition coefficient (Wildman–Crippen LogP) is 1.94. The van der Waals surface area contributed by atoms with Crippen molar-refractivity contribution in [1.82, 2.24) is 0 Å². The summed E-state index contributed by atoms with van der Waals surface area (Å²) in [7, 11) is 0. The van der Waals surface area contributed by atoms with Gasteiger partial charge in [0.05, 0.1) is 12.2 Å². The molecule has 0 rings (SSSR count). The largest absolute Gasteiger partial charge is 0.393 e. The highest BCUT2D eigenvalue weighted by molar-refractivity contribution is 4.67. The van der Waals surface area contributed by atoms with E-state index in [1.54, 1.807) is 0 Å². The van der Waals surface area contributed by atoms with E-state index in [0.29, 0.717) is 0 Å². The molecule has 0 spiro atoms. The zero-order chi connectivity index (χ0) is 9.56. The second-order valence-corrected chi connectivity index (χ2v) is 3.63. The van der Waals surface area contributed by atoms with Crippen molar-refractivity contribution in [2.24, 2.45) is 5.92 Å². The summed E-state index contributed by atoms with van der Waals surface area (Å²) in [5, 5.41) is 18.9. The van der Waals surface area contributed by atoms with Gasteiger partial charge in [-0.05, 0) is 25.2 Å². The second-order valence-electron chi connectivity index (χ2n) is 3.63. The molecule has 0 aliphatic rings. The van der Waals surface area contributed by atoms with Crippen molar-refractivity contribution in [1.29, 1.82) is 0 Å². The molecule has 0 aromatic carbocycles. The van der Waals surface area contributed by atoms with Gasteiger partial charge in [-0.25, -0.2) is 0 Å². The minimum Gasteiger partial charge on any atom is -0.393 e. The number of aliphatic hydroxyl groups is 2. The zero-order valence-corrected chi connectivity index (χ0v) is 8.45. The molecule has 3 atom stereocenters. The molecule has 2 heteroatoms. The third kappa shape index (κ3) is 4.73. The molecule has 0 aliphatic heterocycles. The first-order valence-corrected chi connectivity index (χ1v) is 4.97. The highest BCUT2D eigenvalue weighted by Crippen LogP contribution is 2.16. The number of rotatable bonds is 6. The molecule has 0 aromatic rings. The minimum atomic E-state index is -0.244. The summed E-state index contributed by atoms with van der Waals surface area (Å²) < 4.78 is 0. The van der Waals surface area contributed by atoms with Crippen molar-refractivity contribution in [3.05, 3.63) is 0 Å². The number of hydrogen-bond donors (Lipinski definition) is 2. The van der Waals surface area contributed by atoms with Gasteiger partial charge in [0.15, 0.2) is 0 Å². The highest BCUT2D eigenvalue weighted by Gasteiger charge is 2.15. The summed E-state index contributed by atoms with van der Waals surface area (Å²) in [5.41, 5.74) is 0. The molecule has 0 aromatic heterocycles. The fourth-order valence-corrected chi connectivity index (χ4v) is 1.33. The molecule has 0 aliphatic carbocycles. The van der Waals surface area contributed by atoms with Crippen LogP contribution in [0.4, 0.5) is 0 Å². The van der Waals surface area contributed by atoms with Gasteiger partial charge in [-0.3, -0.25) is 0 Å². The summed E-state index contributed by atoms with van der Waals surface area (Å²) in [4.78, 5) is 0. The molecule has 0 radical (unpaired) electrons. The first kappa shape index (κ1) is 11.9. The normalized spacial score (nSPS) is 18.8. The van der Waals surface area contributed by atoms with Crippen LogP contribution in [0.1, 0.15) is 46.5 Å². The Kier molecular flexibility index (Phi) is 6.39. The van der Waals surface area contributed by atoms with Crippen LogP contribution in [-0.2, 0) is 0 Å². The van der Waals surface area contributed by atoms with E-state index in [1.165, 1.54) is 0 Å². The van der Waals surface area contributed by atoms with Gasteiger partial charge in [-0.1, -0.05) is 27.2 Å². The zero-order valence-electron chi connectivity index (χ0n) is 8.45. The van der Waals surface area contributed by atoms with Gasteiger partial charge in [0, 0.05) is 0 Å². The van der Waals surface area contributed by atoms with Crippen LogP contribution >= 0.6 is 0 Å². The summed E-state index contributed by atoms with van der Waals surface area (Å²) in [6.45, 7) is 6.02. The molecular formula is C10H22O2. The van der Waals surface area contributed by atoms with E-state index in [4.69, 9.17) is 0 Å². The SMILES string of the molecule is CCCC(O)C(C)CC(O)CC. The van der Waals surface area contributed by atoms with Crippen molar-refractivity contribution >= 4 is 0 Å². The molecule has 0 saturated carbocycles. The molecule has 0 fully saturated rings. The van der Waals surface area contributed by atoms with E-state index in [2.05, 4.69) is 6.92 Å². The molecule has 0 amide bonds. The summed E-state index contributed by atoms with van der Waals surface area (Å²) in [5.74, 6) is 0.222. The Balaban J connectivity index is 3.62. The van der Waals surface area contributed by atoms with Crippen molar-refractivity contribution in [3.63, 3.8) is 0 Å². The van der Waals surface area contributed by atoms with E-state index < -0.39 is 0 Å². The summed E-state index contributed by atoms with van der Waals surface area (Å²) >= 11 is 0. The smallest absolute Gasteiger partial charge is 0.0566 e. The van der Waals surface area contributed by atoms with Gasteiger partial charge in [0.1, 0.15) is 0 Å². The third-order valence-electron chi connectivity index (χ3n) is 2.36. The topological polar surface area (TPSA) is 40.5 Å². The van der Waals surface area contributed by atoms with Gasteiger partial charge in [0.25, 0.3) is 0 Å². The molecule has 0 heterocycles. The van der Waals surface area contributed by atoms with Crippen LogP contribution in [0.15, 0.2) is 0 Å². The maximum atomic E-state index is 9.55. The van der Waals surface area contributed by atoms with Crippen molar-refractivity contribution in [3.8, 4) is 0 Å². The Morgan fingerprint density at radius 2 is 1.75 bits per heavy atom. The fourth-order valence-electron chi connectivity index (χ4n) is 1.33. The van der Waals surface area contributed by atoms with E-state index in [-0.39, 0.29) is 18.1 Å². The lowest BCUT2D eigenvalue weighted by atomic mass is 9.94. The molecule has 2 nitrogen and oxygen atoms in total. The van der Waals surface area contributed by atoms with E-state index >= 15 is 0 Å². The van der Waals surface area contributed by atoms with Gasteiger partial charge < -0.3 is 10.2 Å². The minimum absolute atomic E-state index is 0.222. The average molecular weight is 174 g/mol. The molecule has 12 heavy (non-hydrogen) atoms. The Hall–Kier alpha value is -0.0800. The number of hydrogen-bond acceptors (Lipinski definition) is 2. The first-order valence-electron chi connectivity index (χ1n) is 4.97. The average Bonchev–Trinajstić information content (AvgIpc) is 2.04. The molecular weight excluding hydrogens is 152 g/mol. The van der Waals surface area contributed by atoms with Crippen LogP contribution in [0.2, 0.25) is 0 Å². The fraction of sp³-hybridized carbons (Fsp3) is 1.00. The Bertz CT molecular complexity index is 104. The molecule has 2 N–H and O–H groups in total. The molecule has 3 unspecified atom stereocenters. The number of aliphatic hydroxyl groups excluding tert-OH is 2. The van der Waals surface area contributed by atoms with Crippen LogP contribution < -0.4 is 0 Å². The van der Waals surface area contributed by atoms with Gasteiger partial charge >= 0.3 is 0 Å². The van der Waals surface area contributed by atoms with Crippen LogP contribution in [0.5, 0.6) is 0 Å². The quantitative estimate of drug-likeness (QED) is 0.646. The van der Waals surface area contributed by atoms with E-state index in [9.17, 15) is 10.2 Å². The van der Waals surface area contributed by atoms with Crippen molar-refractivity contribution in [2.45, 2.75) is 58.7 Å². The maximum Gasteiger partial charge on any atom is 0.0566 e. The lowest BCUT2D eigenvalue weighted by molar-refractivity contribution is 0.0623. The van der Waals surface area contributed by atoms with Crippen molar-refractivity contribution < 1.29 is 10.2 Å². The Morgan fingerprint density at radius 3 is 2.17 bits per heavy atom. The summed E-state index contributed by atoms with van der Waals surface area (Å²) in [6.07, 6.45) is 2.87. The third-order valence-corrected chi connectivity index (χ3v) is 2.36. The van der Waals surface area contributed by atoms with E-state index in [1.807, 2.05) is 13.8 Å². The highest BCUT2D eigenvalue weighted by atomic mass is 16.3. The molecule has 74 valence electrons. The summed E-state index contributed by atoms with van der Waals surface area (Å²) in [6, 6.07) is 0. The maximum absolute atomic E-state index is 9.55. The van der Waals surface area contributed by atoms with Gasteiger partial charge in [-0.15, -0.1) is 0 Å². The lowest BCUT2D eigenvalue weighted by Gasteiger charge is -2.20. The van der Waals surface area contributed by atoms with E-state index in [0.717, 1.165) is 25.7 Å². The molecule has 0 bridgehead atoms. The monoisotopic (exact) mass is 174 g/mol. The van der Waals surface area contributed by atoms with Crippen LogP contribution in [0, 0.1) is 5.92 Å². The van der Waals surface area contributed by atoms with Crippen molar-refractivity contribution in [2.75, 3.05) is 0 Å². The standard InChI is InChI=1S/C10H22O2/c1-4-6-10(12)8(3)7-9(11)5-2/h8-12H,4-7H2,1-3H3. The lowest BCUT2D eigenvalue weighted by Crippen LogP contribution is -2.22. The van der Waals surface area contributed by atoms with Crippen LogP contribution in [0.25, 0.3) is 0 Å². The van der Waals surface area contributed by atoms with Gasteiger partial charge in [-0.2, -0.15) is 0 Å². The second kappa shape index (κ2) is 6.44.